The molecule has 0 aromatic rings. The van der Waals surface area contributed by atoms with Gasteiger partial charge < -0.3 is 15.3 Å². The van der Waals surface area contributed by atoms with Gasteiger partial charge in [-0.2, -0.15) is 0 Å². The summed E-state index contributed by atoms with van der Waals surface area (Å²) >= 11 is 0. The third-order valence-corrected chi connectivity index (χ3v) is 4.52. The molecule has 2 atom stereocenters. The first kappa shape index (κ1) is 12.3. The van der Waals surface area contributed by atoms with Crippen LogP contribution in [0.25, 0.3) is 0 Å². The average molecular weight is 226 g/mol. The van der Waals surface area contributed by atoms with Gasteiger partial charge in [-0.05, 0) is 58.5 Å². The van der Waals surface area contributed by atoms with Crippen LogP contribution < -0.4 is 5.32 Å². The largest absolute Gasteiger partial charge is 0.394 e. The summed E-state index contributed by atoms with van der Waals surface area (Å²) in [7, 11) is 0. The molecular formula is C13H26N2O. The number of aliphatic hydroxyl groups excluding tert-OH is 1. The van der Waals surface area contributed by atoms with Crippen LogP contribution in [0, 0.1) is 5.92 Å². The summed E-state index contributed by atoms with van der Waals surface area (Å²) in [5.41, 5.74) is 0.0353. The summed E-state index contributed by atoms with van der Waals surface area (Å²) < 4.78 is 0. The van der Waals surface area contributed by atoms with Gasteiger partial charge in [0.1, 0.15) is 0 Å². The molecule has 2 aliphatic rings. The van der Waals surface area contributed by atoms with Crippen molar-refractivity contribution < 1.29 is 5.11 Å². The number of aliphatic hydroxyl groups is 1. The second-order valence-electron chi connectivity index (χ2n) is 5.77. The first-order valence-corrected chi connectivity index (χ1v) is 6.78. The molecule has 3 heteroatoms. The Labute approximate surface area is 99.2 Å². The predicted molar refractivity (Wildman–Crippen MR) is 66.5 cm³/mol. The standard InChI is InChI=1S/C13H26N2O/c1-11(2)15-8-3-5-12(9-15)13(10-16)6-4-7-14-13/h11-12,14,16H,3-10H2,1-2H3. The molecule has 16 heavy (non-hydrogen) atoms. The van der Waals surface area contributed by atoms with E-state index in [0.717, 1.165) is 19.5 Å². The molecule has 2 aliphatic heterocycles. The van der Waals surface area contributed by atoms with Crippen molar-refractivity contribution >= 4 is 0 Å². The highest BCUT2D eigenvalue weighted by molar-refractivity contribution is 5.00. The van der Waals surface area contributed by atoms with E-state index in [2.05, 4.69) is 24.1 Å². The quantitative estimate of drug-likeness (QED) is 0.759. The minimum absolute atomic E-state index is 0.0353. The highest BCUT2D eigenvalue weighted by Crippen LogP contribution is 2.34. The Balaban J connectivity index is 2.02. The van der Waals surface area contributed by atoms with Crippen LogP contribution in [0.2, 0.25) is 0 Å². The van der Waals surface area contributed by atoms with Gasteiger partial charge in [0.05, 0.1) is 6.61 Å². The molecule has 2 saturated heterocycles. The smallest absolute Gasteiger partial charge is 0.0616 e. The molecule has 0 aliphatic carbocycles. The molecular weight excluding hydrogens is 200 g/mol. The lowest BCUT2D eigenvalue weighted by Crippen LogP contribution is -2.56. The van der Waals surface area contributed by atoms with Crippen molar-refractivity contribution in [3.8, 4) is 0 Å². The molecule has 2 N–H and O–H groups in total. The maximum Gasteiger partial charge on any atom is 0.0616 e. The molecule has 2 fully saturated rings. The zero-order valence-electron chi connectivity index (χ0n) is 10.7. The Morgan fingerprint density at radius 3 is 2.81 bits per heavy atom. The van der Waals surface area contributed by atoms with E-state index in [0.29, 0.717) is 18.6 Å². The predicted octanol–water partition coefficient (Wildman–Crippen LogP) is 1.22. The Morgan fingerprint density at radius 1 is 1.44 bits per heavy atom. The van der Waals surface area contributed by atoms with Crippen LogP contribution in [-0.2, 0) is 0 Å². The Bertz CT molecular complexity index is 224. The van der Waals surface area contributed by atoms with E-state index < -0.39 is 0 Å². The van der Waals surface area contributed by atoms with Crippen molar-refractivity contribution in [2.24, 2.45) is 5.92 Å². The number of nitrogens with one attached hydrogen (secondary N) is 1. The summed E-state index contributed by atoms with van der Waals surface area (Å²) in [6.07, 6.45) is 4.93. The number of rotatable bonds is 3. The number of nitrogens with zero attached hydrogens (tertiary/aromatic N) is 1. The van der Waals surface area contributed by atoms with Gasteiger partial charge in [-0.15, -0.1) is 0 Å². The fraction of sp³-hybridized carbons (Fsp3) is 1.00. The van der Waals surface area contributed by atoms with Gasteiger partial charge in [0.25, 0.3) is 0 Å². The van der Waals surface area contributed by atoms with E-state index >= 15 is 0 Å². The number of piperidine rings is 1. The minimum Gasteiger partial charge on any atom is -0.394 e. The Morgan fingerprint density at radius 2 is 2.25 bits per heavy atom. The summed E-state index contributed by atoms with van der Waals surface area (Å²) in [5.74, 6) is 0.635. The summed E-state index contributed by atoms with van der Waals surface area (Å²) in [5, 5.41) is 13.3. The lowest BCUT2D eigenvalue weighted by molar-refractivity contribution is 0.0490. The summed E-state index contributed by atoms with van der Waals surface area (Å²) in [6.45, 7) is 8.33. The van der Waals surface area contributed by atoms with Gasteiger partial charge in [-0.1, -0.05) is 0 Å². The molecule has 0 radical (unpaired) electrons. The van der Waals surface area contributed by atoms with Crippen LogP contribution in [0.5, 0.6) is 0 Å². The van der Waals surface area contributed by atoms with E-state index in [1.165, 1.54) is 25.8 Å². The molecule has 0 amide bonds. The van der Waals surface area contributed by atoms with Crippen molar-refractivity contribution in [2.75, 3.05) is 26.2 Å². The van der Waals surface area contributed by atoms with Crippen molar-refractivity contribution in [3.05, 3.63) is 0 Å². The van der Waals surface area contributed by atoms with Crippen LogP contribution in [0.4, 0.5) is 0 Å². The Hall–Kier alpha value is -0.120. The minimum atomic E-state index is 0.0353. The van der Waals surface area contributed by atoms with E-state index in [9.17, 15) is 5.11 Å². The first-order valence-electron chi connectivity index (χ1n) is 6.78. The summed E-state index contributed by atoms with van der Waals surface area (Å²) in [4.78, 5) is 2.56. The van der Waals surface area contributed by atoms with Crippen molar-refractivity contribution in [1.82, 2.24) is 10.2 Å². The third kappa shape index (κ3) is 2.27. The van der Waals surface area contributed by atoms with E-state index in [1.807, 2.05) is 0 Å². The number of hydrogen-bond acceptors (Lipinski definition) is 3. The molecule has 0 bridgehead atoms. The van der Waals surface area contributed by atoms with E-state index in [4.69, 9.17) is 0 Å². The third-order valence-electron chi connectivity index (χ3n) is 4.52. The fourth-order valence-corrected chi connectivity index (χ4v) is 3.37. The lowest BCUT2D eigenvalue weighted by Gasteiger charge is -2.44. The van der Waals surface area contributed by atoms with Gasteiger partial charge >= 0.3 is 0 Å². The van der Waals surface area contributed by atoms with Crippen LogP contribution in [0.1, 0.15) is 39.5 Å². The van der Waals surface area contributed by atoms with E-state index in [-0.39, 0.29) is 5.54 Å². The van der Waals surface area contributed by atoms with Crippen molar-refractivity contribution in [2.45, 2.75) is 51.1 Å². The lowest BCUT2D eigenvalue weighted by atomic mass is 9.78. The second-order valence-corrected chi connectivity index (χ2v) is 5.77. The zero-order valence-corrected chi connectivity index (χ0v) is 10.7. The Kier molecular flexibility index (Phi) is 3.88. The van der Waals surface area contributed by atoms with Gasteiger partial charge in [-0.25, -0.2) is 0 Å². The first-order chi connectivity index (χ1) is 7.68. The molecule has 2 unspecified atom stereocenters. The van der Waals surface area contributed by atoms with Gasteiger partial charge in [0, 0.05) is 18.1 Å². The SMILES string of the molecule is CC(C)N1CCCC(C2(CO)CCCN2)C1. The molecule has 2 heterocycles. The molecule has 0 aromatic heterocycles. The fourth-order valence-electron chi connectivity index (χ4n) is 3.37. The average Bonchev–Trinajstić information content (AvgIpc) is 2.79. The normalized spacial score (nSPS) is 37.1. The van der Waals surface area contributed by atoms with Crippen LogP contribution in [0.15, 0.2) is 0 Å². The molecule has 94 valence electrons. The monoisotopic (exact) mass is 226 g/mol. The maximum absolute atomic E-state index is 9.71. The van der Waals surface area contributed by atoms with Gasteiger partial charge in [0.2, 0.25) is 0 Å². The van der Waals surface area contributed by atoms with Crippen LogP contribution in [-0.4, -0.2) is 47.8 Å². The van der Waals surface area contributed by atoms with Crippen molar-refractivity contribution in [3.63, 3.8) is 0 Å². The summed E-state index contributed by atoms with van der Waals surface area (Å²) in [6, 6.07) is 0.639. The second kappa shape index (κ2) is 5.03. The van der Waals surface area contributed by atoms with E-state index in [1.54, 1.807) is 0 Å². The maximum atomic E-state index is 9.71. The highest BCUT2D eigenvalue weighted by atomic mass is 16.3. The highest BCUT2D eigenvalue weighted by Gasteiger charge is 2.42. The molecule has 2 rings (SSSR count). The van der Waals surface area contributed by atoms with Crippen molar-refractivity contribution in [1.29, 1.82) is 0 Å². The van der Waals surface area contributed by atoms with Crippen LogP contribution >= 0.6 is 0 Å². The topological polar surface area (TPSA) is 35.5 Å². The number of hydrogen-bond donors (Lipinski definition) is 2. The molecule has 0 aromatic carbocycles. The zero-order chi connectivity index (χ0) is 11.6. The number of likely N-dealkylation sites (tertiary alicyclic amines) is 1. The van der Waals surface area contributed by atoms with Gasteiger partial charge in [0.15, 0.2) is 0 Å². The molecule has 0 saturated carbocycles. The van der Waals surface area contributed by atoms with Gasteiger partial charge in [-0.3, -0.25) is 0 Å². The molecule has 3 nitrogen and oxygen atoms in total. The van der Waals surface area contributed by atoms with Crippen LogP contribution in [0.3, 0.4) is 0 Å². The molecule has 0 spiro atoms.